The van der Waals surface area contributed by atoms with Crippen LogP contribution in [0.25, 0.3) is 0 Å². The quantitative estimate of drug-likeness (QED) is 0.862. The van der Waals surface area contributed by atoms with E-state index in [2.05, 4.69) is 10.6 Å². The molecule has 22 heavy (non-hydrogen) atoms. The molecule has 0 spiro atoms. The molecule has 0 radical (unpaired) electrons. The first-order valence-electron chi connectivity index (χ1n) is 7.06. The summed E-state index contributed by atoms with van der Waals surface area (Å²) in [7, 11) is 1.63. The molecule has 0 saturated carbocycles. The molecule has 2 amide bonds. The summed E-state index contributed by atoms with van der Waals surface area (Å²) >= 11 is 0. The molecule has 0 aliphatic carbocycles. The van der Waals surface area contributed by atoms with Crippen molar-refractivity contribution in [2.45, 2.75) is 13.0 Å². The highest BCUT2D eigenvalue weighted by Gasteiger charge is 2.01. The third-order valence-corrected chi connectivity index (χ3v) is 3.22. The van der Waals surface area contributed by atoms with Crippen molar-refractivity contribution in [1.82, 2.24) is 10.6 Å². The summed E-state index contributed by atoms with van der Waals surface area (Å²) in [5.74, 6) is 0.529. The predicted molar refractivity (Wildman–Crippen MR) is 83.3 cm³/mol. The van der Waals surface area contributed by atoms with E-state index < -0.39 is 0 Å². The van der Waals surface area contributed by atoms with Crippen LogP contribution in [0.1, 0.15) is 11.1 Å². The van der Waals surface area contributed by atoms with E-state index in [4.69, 9.17) is 4.74 Å². The van der Waals surface area contributed by atoms with Gasteiger partial charge < -0.3 is 15.4 Å². The SMILES string of the molecule is COc1ccc(CCNC(=O)NCc2ccc(F)cc2)cc1. The number of urea groups is 1. The van der Waals surface area contributed by atoms with Crippen LogP contribution in [0.15, 0.2) is 48.5 Å². The van der Waals surface area contributed by atoms with Crippen molar-refractivity contribution >= 4 is 6.03 Å². The third-order valence-electron chi connectivity index (χ3n) is 3.22. The minimum Gasteiger partial charge on any atom is -0.497 e. The first kappa shape index (κ1) is 15.8. The maximum atomic E-state index is 12.8. The molecule has 0 bridgehead atoms. The second-order valence-electron chi connectivity index (χ2n) is 4.83. The topological polar surface area (TPSA) is 50.4 Å². The van der Waals surface area contributed by atoms with Gasteiger partial charge in [0.15, 0.2) is 0 Å². The Morgan fingerprint density at radius 2 is 1.64 bits per heavy atom. The molecule has 116 valence electrons. The number of halogens is 1. The zero-order valence-electron chi connectivity index (χ0n) is 12.4. The van der Waals surface area contributed by atoms with Crippen molar-refractivity contribution in [3.8, 4) is 5.75 Å². The summed E-state index contributed by atoms with van der Waals surface area (Å²) in [6.45, 7) is 0.913. The molecule has 0 aromatic heterocycles. The van der Waals surface area contributed by atoms with Gasteiger partial charge in [0.05, 0.1) is 7.11 Å². The van der Waals surface area contributed by atoms with Crippen LogP contribution in [0.3, 0.4) is 0 Å². The Kier molecular flexibility index (Phi) is 5.77. The first-order valence-corrected chi connectivity index (χ1v) is 7.06. The molecular weight excluding hydrogens is 283 g/mol. The summed E-state index contributed by atoms with van der Waals surface area (Å²) in [6.07, 6.45) is 0.744. The fourth-order valence-corrected chi connectivity index (χ4v) is 1.96. The molecule has 0 saturated heterocycles. The zero-order valence-corrected chi connectivity index (χ0v) is 12.4. The number of rotatable bonds is 6. The maximum absolute atomic E-state index is 12.8. The van der Waals surface area contributed by atoms with Crippen molar-refractivity contribution < 1.29 is 13.9 Å². The van der Waals surface area contributed by atoms with Gasteiger partial charge in [0.1, 0.15) is 11.6 Å². The second kappa shape index (κ2) is 8.02. The van der Waals surface area contributed by atoms with Crippen LogP contribution < -0.4 is 15.4 Å². The Labute approximate surface area is 129 Å². The van der Waals surface area contributed by atoms with Crippen molar-refractivity contribution in [3.05, 3.63) is 65.5 Å². The largest absolute Gasteiger partial charge is 0.497 e. The Morgan fingerprint density at radius 3 is 2.27 bits per heavy atom. The number of amides is 2. The number of carbonyl (C=O) groups is 1. The van der Waals surface area contributed by atoms with Gasteiger partial charge in [0, 0.05) is 13.1 Å². The Morgan fingerprint density at radius 1 is 1.00 bits per heavy atom. The van der Waals surface area contributed by atoms with Crippen LogP contribution >= 0.6 is 0 Å². The number of nitrogens with one attached hydrogen (secondary N) is 2. The van der Waals surface area contributed by atoms with Crippen molar-refractivity contribution in [2.75, 3.05) is 13.7 Å². The molecule has 0 aliphatic heterocycles. The molecule has 0 atom stereocenters. The third kappa shape index (κ3) is 5.09. The molecule has 0 unspecified atom stereocenters. The number of hydrogen-bond acceptors (Lipinski definition) is 2. The van der Waals surface area contributed by atoms with Crippen LogP contribution in [0.5, 0.6) is 5.75 Å². The summed E-state index contributed by atoms with van der Waals surface area (Å²) < 4.78 is 17.8. The fourth-order valence-electron chi connectivity index (χ4n) is 1.96. The molecule has 0 aliphatic rings. The van der Waals surface area contributed by atoms with Crippen LogP contribution in [0, 0.1) is 5.82 Å². The van der Waals surface area contributed by atoms with Gasteiger partial charge in [0.2, 0.25) is 0 Å². The van der Waals surface area contributed by atoms with Crippen molar-refractivity contribution in [1.29, 1.82) is 0 Å². The fraction of sp³-hybridized carbons (Fsp3) is 0.235. The van der Waals surface area contributed by atoms with E-state index in [0.29, 0.717) is 13.1 Å². The molecule has 5 heteroatoms. The van der Waals surface area contributed by atoms with Crippen molar-refractivity contribution in [3.63, 3.8) is 0 Å². The first-order chi connectivity index (χ1) is 10.7. The maximum Gasteiger partial charge on any atom is 0.315 e. The highest BCUT2D eigenvalue weighted by molar-refractivity contribution is 5.73. The molecular formula is C17H19FN2O2. The van der Waals surface area contributed by atoms with Gasteiger partial charge in [-0.25, -0.2) is 9.18 Å². The molecule has 2 N–H and O–H groups in total. The standard InChI is InChI=1S/C17H19FN2O2/c1-22-16-8-4-13(5-9-16)10-11-19-17(21)20-12-14-2-6-15(18)7-3-14/h2-9H,10-12H2,1H3,(H2,19,20,21). The minimum atomic E-state index is -0.285. The molecule has 0 fully saturated rings. The highest BCUT2D eigenvalue weighted by Crippen LogP contribution is 2.11. The number of benzene rings is 2. The van der Waals surface area contributed by atoms with E-state index in [1.54, 1.807) is 19.2 Å². The minimum absolute atomic E-state index is 0.238. The van der Waals surface area contributed by atoms with E-state index in [9.17, 15) is 9.18 Å². The molecule has 2 aromatic carbocycles. The van der Waals surface area contributed by atoms with Crippen LogP contribution in [0.4, 0.5) is 9.18 Å². The van der Waals surface area contributed by atoms with Crippen LogP contribution in [0.2, 0.25) is 0 Å². The molecule has 4 nitrogen and oxygen atoms in total. The number of hydrogen-bond donors (Lipinski definition) is 2. The van der Waals surface area contributed by atoms with Gasteiger partial charge in [-0.1, -0.05) is 24.3 Å². The lowest BCUT2D eigenvalue weighted by Crippen LogP contribution is -2.36. The van der Waals surface area contributed by atoms with Gasteiger partial charge in [0.25, 0.3) is 0 Å². The van der Waals surface area contributed by atoms with Crippen LogP contribution in [-0.4, -0.2) is 19.7 Å². The summed E-state index contributed by atoms with van der Waals surface area (Å²) in [5.41, 5.74) is 1.98. The van der Waals surface area contributed by atoms with Crippen LogP contribution in [-0.2, 0) is 13.0 Å². The Balaban J connectivity index is 1.67. The lowest BCUT2D eigenvalue weighted by molar-refractivity contribution is 0.240. The second-order valence-corrected chi connectivity index (χ2v) is 4.83. The number of ether oxygens (including phenoxy) is 1. The smallest absolute Gasteiger partial charge is 0.315 e. The highest BCUT2D eigenvalue weighted by atomic mass is 19.1. The number of methoxy groups -OCH3 is 1. The normalized spacial score (nSPS) is 10.1. The van der Waals surface area contributed by atoms with Gasteiger partial charge >= 0.3 is 6.03 Å². The predicted octanol–water partition coefficient (Wildman–Crippen LogP) is 2.88. The molecule has 0 heterocycles. The average molecular weight is 302 g/mol. The molecule has 2 aromatic rings. The zero-order chi connectivity index (χ0) is 15.8. The van der Waals surface area contributed by atoms with Gasteiger partial charge in [-0.05, 0) is 41.8 Å². The number of carbonyl (C=O) groups excluding carboxylic acids is 1. The molecule has 2 rings (SSSR count). The van der Waals surface area contributed by atoms with E-state index in [-0.39, 0.29) is 11.8 Å². The summed E-state index contributed by atoms with van der Waals surface area (Å²) in [6, 6.07) is 13.5. The lowest BCUT2D eigenvalue weighted by atomic mass is 10.1. The van der Waals surface area contributed by atoms with Gasteiger partial charge in [-0.3, -0.25) is 0 Å². The average Bonchev–Trinajstić information content (AvgIpc) is 2.55. The Hall–Kier alpha value is -2.56. The van der Waals surface area contributed by atoms with E-state index in [1.807, 2.05) is 24.3 Å². The van der Waals surface area contributed by atoms with E-state index >= 15 is 0 Å². The van der Waals surface area contributed by atoms with E-state index in [0.717, 1.165) is 23.3 Å². The summed E-state index contributed by atoms with van der Waals surface area (Å²) in [5, 5.41) is 5.52. The lowest BCUT2D eigenvalue weighted by Gasteiger charge is -2.08. The van der Waals surface area contributed by atoms with Crippen molar-refractivity contribution in [2.24, 2.45) is 0 Å². The monoisotopic (exact) mass is 302 g/mol. The van der Waals surface area contributed by atoms with Gasteiger partial charge in [-0.15, -0.1) is 0 Å². The van der Waals surface area contributed by atoms with Gasteiger partial charge in [-0.2, -0.15) is 0 Å². The van der Waals surface area contributed by atoms with E-state index in [1.165, 1.54) is 12.1 Å². The Bertz CT molecular complexity index is 597. The summed E-state index contributed by atoms with van der Waals surface area (Å²) in [4.78, 5) is 11.7.